The van der Waals surface area contributed by atoms with Crippen LogP contribution in [0.1, 0.15) is 38.3 Å². The van der Waals surface area contributed by atoms with Crippen LogP contribution in [0.4, 0.5) is 11.4 Å². The summed E-state index contributed by atoms with van der Waals surface area (Å²) >= 11 is 0. The van der Waals surface area contributed by atoms with Crippen molar-refractivity contribution in [2.75, 3.05) is 24.2 Å². The van der Waals surface area contributed by atoms with E-state index in [1.807, 2.05) is 56.4 Å². The van der Waals surface area contributed by atoms with Gasteiger partial charge >= 0.3 is 0 Å². The number of fused-ring (bicyclic) bond motifs is 1. The molecule has 1 aliphatic heterocycles. The van der Waals surface area contributed by atoms with Gasteiger partial charge in [-0.05, 0) is 55.8 Å². The molecule has 0 spiro atoms. The predicted molar refractivity (Wildman–Crippen MR) is 125 cm³/mol. The van der Waals surface area contributed by atoms with Crippen LogP contribution in [0.5, 0.6) is 0 Å². The largest absolute Gasteiger partial charge is 0.385 e. The lowest BCUT2D eigenvalue weighted by Crippen LogP contribution is -2.41. The lowest BCUT2D eigenvalue weighted by atomic mass is 9.96. The summed E-state index contributed by atoms with van der Waals surface area (Å²) in [7, 11) is 1.99. The highest BCUT2D eigenvalue weighted by Gasteiger charge is 2.28. The van der Waals surface area contributed by atoms with Crippen molar-refractivity contribution in [3.8, 4) is 0 Å². The number of hydrogen-bond donors (Lipinski definition) is 2. The zero-order chi connectivity index (χ0) is 21.8. The van der Waals surface area contributed by atoms with Crippen LogP contribution in [0.15, 0.2) is 72.8 Å². The standard InChI is InChI=1S/C26H27N3O2/c1-18-9-3-5-11-20(18)26(31)28-23-14-8-6-12-21(23)25(30)24-15-16-27-22-13-7-4-10-19(22)17-29(24)2/h3-14,24,27H,15-17H2,1-2H3,(H,28,31). The second-order valence-corrected chi connectivity index (χ2v) is 7.98. The van der Waals surface area contributed by atoms with Crippen LogP contribution in [0.25, 0.3) is 0 Å². The number of aryl methyl sites for hydroxylation is 1. The first-order chi connectivity index (χ1) is 15.0. The van der Waals surface area contributed by atoms with Gasteiger partial charge in [0.1, 0.15) is 0 Å². The van der Waals surface area contributed by atoms with E-state index < -0.39 is 0 Å². The summed E-state index contributed by atoms with van der Waals surface area (Å²) < 4.78 is 0. The molecule has 158 valence electrons. The van der Waals surface area contributed by atoms with Gasteiger partial charge in [0.2, 0.25) is 0 Å². The molecule has 1 aliphatic rings. The molecule has 3 aromatic carbocycles. The average molecular weight is 414 g/mol. The summed E-state index contributed by atoms with van der Waals surface area (Å²) in [6.45, 7) is 3.28. The number of ketones is 1. The second kappa shape index (κ2) is 9.14. The number of nitrogens with one attached hydrogen (secondary N) is 2. The fourth-order valence-electron chi connectivity index (χ4n) is 4.11. The van der Waals surface area contributed by atoms with Crippen molar-refractivity contribution in [2.24, 2.45) is 0 Å². The minimum absolute atomic E-state index is 0.0179. The third-order valence-corrected chi connectivity index (χ3v) is 5.84. The first kappa shape index (κ1) is 20.8. The van der Waals surface area contributed by atoms with Crippen molar-refractivity contribution in [2.45, 2.75) is 25.9 Å². The predicted octanol–water partition coefficient (Wildman–Crippen LogP) is 4.75. The number of amides is 1. The lowest BCUT2D eigenvalue weighted by molar-refractivity contribution is 0.0835. The van der Waals surface area contributed by atoms with Gasteiger partial charge in [0.05, 0.1) is 11.7 Å². The Morgan fingerprint density at radius 2 is 1.61 bits per heavy atom. The minimum atomic E-state index is -0.280. The highest BCUT2D eigenvalue weighted by molar-refractivity contribution is 6.11. The number of nitrogens with zero attached hydrogens (tertiary/aromatic N) is 1. The van der Waals surface area contributed by atoms with Gasteiger partial charge in [-0.3, -0.25) is 14.5 Å². The Bertz CT molecular complexity index is 1110. The van der Waals surface area contributed by atoms with Crippen LogP contribution in [-0.2, 0) is 6.54 Å². The van der Waals surface area contributed by atoms with E-state index >= 15 is 0 Å². The van der Waals surface area contributed by atoms with Crippen LogP contribution in [0.2, 0.25) is 0 Å². The van der Waals surface area contributed by atoms with Crippen molar-refractivity contribution in [3.05, 3.63) is 95.1 Å². The number of Topliss-reactive ketones (excluding diaryl/α,β-unsaturated/α-hetero) is 1. The summed E-state index contributed by atoms with van der Waals surface area (Å²) in [6.07, 6.45) is 0.684. The molecule has 1 amide bonds. The van der Waals surface area contributed by atoms with Crippen molar-refractivity contribution >= 4 is 23.1 Å². The van der Waals surface area contributed by atoms with Gasteiger partial charge in [-0.25, -0.2) is 0 Å². The molecule has 1 heterocycles. The lowest BCUT2D eigenvalue weighted by Gasteiger charge is -2.31. The Morgan fingerprint density at radius 1 is 0.935 bits per heavy atom. The molecule has 4 rings (SSSR count). The topological polar surface area (TPSA) is 61.4 Å². The molecule has 0 saturated carbocycles. The SMILES string of the molecule is Cc1ccccc1C(=O)Nc1ccccc1C(=O)C1CCNc2ccccc2CN1C. The molecule has 0 bridgehead atoms. The molecule has 5 nitrogen and oxygen atoms in total. The monoisotopic (exact) mass is 413 g/mol. The van der Waals surface area contributed by atoms with Crippen molar-refractivity contribution in [1.29, 1.82) is 0 Å². The smallest absolute Gasteiger partial charge is 0.255 e. The second-order valence-electron chi connectivity index (χ2n) is 7.98. The fraction of sp³-hybridized carbons (Fsp3) is 0.231. The van der Waals surface area contributed by atoms with E-state index in [4.69, 9.17) is 0 Å². The minimum Gasteiger partial charge on any atom is -0.385 e. The van der Waals surface area contributed by atoms with Crippen LogP contribution in [0, 0.1) is 6.92 Å². The van der Waals surface area contributed by atoms with Gasteiger partial charge in [0.25, 0.3) is 5.91 Å². The molecule has 0 aliphatic carbocycles. The number of para-hydroxylation sites is 2. The van der Waals surface area contributed by atoms with Crippen molar-refractivity contribution in [3.63, 3.8) is 0 Å². The quantitative estimate of drug-likeness (QED) is 0.606. The Morgan fingerprint density at radius 3 is 2.42 bits per heavy atom. The van der Waals surface area contributed by atoms with E-state index in [-0.39, 0.29) is 17.7 Å². The summed E-state index contributed by atoms with van der Waals surface area (Å²) in [4.78, 5) is 28.5. The maximum Gasteiger partial charge on any atom is 0.255 e. The van der Waals surface area contributed by atoms with Gasteiger partial charge in [0.15, 0.2) is 5.78 Å². The van der Waals surface area contributed by atoms with Gasteiger partial charge in [-0.15, -0.1) is 0 Å². The number of carbonyl (C=O) groups excluding carboxylic acids is 2. The maximum absolute atomic E-state index is 13.6. The van der Waals surface area contributed by atoms with Gasteiger partial charge in [0, 0.05) is 29.9 Å². The highest BCUT2D eigenvalue weighted by Crippen LogP contribution is 2.25. The van der Waals surface area contributed by atoms with Crippen molar-refractivity contribution < 1.29 is 9.59 Å². The zero-order valence-corrected chi connectivity index (χ0v) is 17.9. The van der Waals surface area contributed by atoms with Crippen LogP contribution >= 0.6 is 0 Å². The molecule has 1 unspecified atom stereocenters. The molecular weight excluding hydrogens is 386 g/mol. The number of anilines is 2. The van der Waals surface area contributed by atoms with E-state index in [2.05, 4.69) is 27.7 Å². The summed E-state index contributed by atoms with van der Waals surface area (Å²) in [5.74, 6) is -0.190. The number of carbonyl (C=O) groups is 2. The van der Waals surface area contributed by atoms with Crippen LogP contribution in [-0.4, -0.2) is 36.2 Å². The summed E-state index contributed by atoms with van der Waals surface area (Å²) in [5.41, 5.74) is 4.87. The Kier molecular flexibility index (Phi) is 6.14. The molecule has 2 N–H and O–H groups in total. The number of rotatable bonds is 4. The number of hydrogen-bond acceptors (Lipinski definition) is 4. The van der Waals surface area contributed by atoms with Gasteiger partial charge in [-0.2, -0.15) is 0 Å². The third-order valence-electron chi connectivity index (χ3n) is 5.84. The van der Waals surface area contributed by atoms with E-state index in [1.165, 1.54) is 5.56 Å². The molecular formula is C26H27N3O2. The number of likely N-dealkylation sites (N-methyl/N-ethyl adjacent to an activating group) is 1. The fourth-order valence-corrected chi connectivity index (χ4v) is 4.11. The Labute approximate surface area is 183 Å². The molecule has 0 fully saturated rings. The summed E-state index contributed by atoms with van der Waals surface area (Å²) in [6, 6.07) is 22.6. The van der Waals surface area contributed by atoms with Crippen LogP contribution < -0.4 is 10.6 Å². The van der Waals surface area contributed by atoms with Gasteiger partial charge in [-0.1, -0.05) is 48.5 Å². The zero-order valence-electron chi connectivity index (χ0n) is 17.9. The third kappa shape index (κ3) is 4.52. The Hall–Kier alpha value is -3.44. The molecule has 0 radical (unpaired) electrons. The highest BCUT2D eigenvalue weighted by atomic mass is 16.2. The van der Waals surface area contributed by atoms with E-state index in [9.17, 15) is 9.59 Å². The first-order valence-corrected chi connectivity index (χ1v) is 10.6. The molecule has 0 saturated heterocycles. The van der Waals surface area contributed by atoms with E-state index in [0.717, 1.165) is 11.3 Å². The average Bonchev–Trinajstić information content (AvgIpc) is 2.76. The van der Waals surface area contributed by atoms with Gasteiger partial charge < -0.3 is 10.6 Å². The molecule has 31 heavy (non-hydrogen) atoms. The summed E-state index contributed by atoms with van der Waals surface area (Å²) in [5, 5.41) is 6.40. The first-order valence-electron chi connectivity index (χ1n) is 10.6. The van der Waals surface area contributed by atoms with E-state index in [0.29, 0.717) is 36.3 Å². The number of benzene rings is 3. The molecule has 0 aromatic heterocycles. The van der Waals surface area contributed by atoms with E-state index in [1.54, 1.807) is 18.2 Å². The molecule has 1 atom stereocenters. The molecule has 5 heteroatoms. The van der Waals surface area contributed by atoms with Crippen LogP contribution in [0.3, 0.4) is 0 Å². The Balaban J connectivity index is 1.58. The maximum atomic E-state index is 13.6. The molecule has 3 aromatic rings. The normalized spacial score (nSPS) is 16.4. The van der Waals surface area contributed by atoms with Crippen molar-refractivity contribution in [1.82, 2.24) is 4.90 Å².